The van der Waals surface area contributed by atoms with Gasteiger partial charge >= 0.3 is 6.03 Å². The molecule has 0 aliphatic heterocycles. The fourth-order valence-electron chi connectivity index (χ4n) is 1.66. The van der Waals surface area contributed by atoms with Gasteiger partial charge in [0.05, 0.1) is 19.8 Å². The summed E-state index contributed by atoms with van der Waals surface area (Å²) in [6, 6.07) is -0.481. The van der Waals surface area contributed by atoms with E-state index in [1.54, 1.807) is 0 Å². The largest absolute Gasteiger partial charge is 0.394 e. The number of nitrogens with one attached hydrogen (secondary N) is 2. The van der Waals surface area contributed by atoms with Gasteiger partial charge < -0.3 is 26.0 Å². The van der Waals surface area contributed by atoms with E-state index in [0.717, 1.165) is 12.8 Å². The van der Waals surface area contributed by atoms with Crippen molar-refractivity contribution in [3.05, 3.63) is 0 Å². The van der Waals surface area contributed by atoms with E-state index in [4.69, 9.17) is 15.3 Å². The Bertz CT molecular complexity index is 224. The van der Waals surface area contributed by atoms with Gasteiger partial charge in [0, 0.05) is 6.54 Å². The molecule has 0 aliphatic rings. The maximum atomic E-state index is 11.5. The van der Waals surface area contributed by atoms with Crippen molar-refractivity contribution < 1.29 is 20.1 Å². The fraction of sp³-hybridized carbons (Fsp3) is 0.923. The van der Waals surface area contributed by atoms with Crippen LogP contribution in [0.15, 0.2) is 0 Å². The van der Waals surface area contributed by atoms with E-state index in [0.29, 0.717) is 6.54 Å². The van der Waals surface area contributed by atoms with Crippen LogP contribution in [0.5, 0.6) is 0 Å². The Morgan fingerprint density at radius 1 is 0.947 bits per heavy atom. The number of amides is 2. The maximum absolute atomic E-state index is 11.5. The lowest BCUT2D eigenvalue weighted by Gasteiger charge is -2.28. The van der Waals surface area contributed by atoms with Crippen molar-refractivity contribution in [3.63, 3.8) is 0 Å². The van der Waals surface area contributed by atoms with Crippen LogP contribution >= 0.6 is 0 Å². The number of aliphatic hydroxyl groups excluding tert-OH is 3. The lowest BCUT2D eigenvalue weighted by molar-refractivity contribution is 0.0493. The second-order valence-corrected chi connectivity index (χ2v) is 4.90. The van der Waals surface area contributed by atoms with Crippen molar-refractivity contribution in [1.82, 2.24) is 10.6 Å². The quantitative estimate of drug-likeness (QED) is 0.352. The lowest BCUT2D eigenvalue weighted by Crippen LogP contribution is -2.59. The van der Waals surface area contributed by atoms with Crippen LogP contribution in [-0.2, 0) is 0 Å². The standard InChI is InChI=1S/C13H28N2O4/c1-2-3-4-5-6-7-8-14-12(19)15-13(9-16,10-17)11-18/h16-18H,2-11H2,1H3,(H2,14,15,19). The Morgan fingerprint density at radius 2 is 1.47 bits per heavy atom. The van der Waals surface area contributed by atoms with Crippen molar-refractivity contribution in [3.8, 4) is 0 Å². The van der Waals surface area contributed by atoms with E-state index in [1.807, 2.05) is 0 Å². The first-order valence-electron chi connectivity index (χ1n) is 7.02. The smallest absolute Gasteiger partial charge is 0.315 e. The number of unbranched alkanes of at least 4 members (excludes halogenated alkanes) is 5. The molecule has 0 unspecified atom stereocenters. The summed E-state index contributed by atoms with van der Waals surface area (Å²) >= 11 is 0. The summed E-state index contributed by atoms with van der Waals surface area (Å²) in [5.74, 6) is 0. The van der Waals surface area contributed by atoms with Crippen LogP contribution in [0.3, 0.4) is 0 Å². The van der Waals surface area contributed by atoms with Gasteiger partial charge in [-0.2, -0.15) is 0 Å². The number of rotatable bonds is 11. The van der Waals surface area contributed by atoms with Crippen LogP contribution in [-0.4, -0.2) is 53.3 Å². The topological polar surface area (TPSA) is 102 Å². The van der Waals surface area contributed by atoms with Gasteiger partial charge in [0.2, 0.25) is 0 Å². The lowest BCUT2D eigenvalue weighted by atomic mass is 10.0. The predicted octanol–water partition coefficient (Wildman–Crippen LogP) is 0.362. The zero-order chi connectivity index (χ0) is 14.6. The molecule has 0 radical (unpaired) electrons. The normalized spacial score (nSPS) is 11.4. The molecule has 0 aliphatic carbocycles. The molecule has 0 rings (SSSR count). The zero-order valence-corrected chi connectivity index (χ0v) is 11.8. The number of aliphatic hydroxyl groups is 3. The second kappa shape index (κ2) is 11.0. The minimum Gasteiger partial charge on any atom is -0.394 e. The number of urea groups is 1. The zero-order valence-electron chi connectivity index (χ0n) is 11.8. The molecule has 2 amide bonds. The van der Waals surface area contributed by atoms with E-state index in [9.17, 15) is 4.79 Å². The van der Waals surface area contributed by atoms with Crippen LogP contribution in [0.25, 0.3) is 0 Å². The first kappa shape index (κ1) is 18.1. The van der Waals surface area contributed by atoms with Crippen LogP contribution in [0.1, 0.15) is 45.4 Å². The highest BCUT2D eigenvalue weighted by Gasteiger charge is 2.29. The summed E-state index contributed by atoms with van der Waals surface area (Å²) in [5.41, 5.74) is -1.36. The van der Waals surface area contributed by atoms with Crippen LogP contribution < -0.4 is 10.6 Å². The molecule has 0 fully saturated rings. The highest BCUT2D eigenvalue weighted by molar-refractivity contribution is 5.74. The van der Waals surface area contributed by atoms with Gasteiger partial charge in [-0.3, -0.25) is 0 Å². The molecule has 0 saturated carbocycles. The van der Waals surface area contributed by atoms with Gasteiger partial charge in [-0.1, -0.05) is 39.0 Å². The second-order valence-electron chi connectivity index (χ2n) is 4.90. The predicted molar refractivity (Wildman–Crippen MR) is 73.9 cm³/mol. The highest BCUT2D eigenvalue weighted by Crippen LogP contribution is 2.04. The average Bonchev–Trinajstić information content (AvgIpc) is 2.44. The van der Waals surface area contributed by atoms with Crippen molar-refractivity contribution in [2.75, 3.05) is 26.4 Å². The minimum atomic E-state index is -1.36. The highest BCUT2D eigenvalue weighted by atomic mass is 16.3. The summed E-state index contributed by atoms with van der Waals surface area (Å²) in [6.07, 6.45) is 6.84. The van der Waals surface area contributed by atoms with E-state index in [2.05, 4.69) is 17.6 Å². The molecule has 0 aromatic heterocycles. The van der Waals surface area contributed by atoms with Crippen molar-refractivity contribution in [2.45, 2.75) is 51.0 Å². The Morgan fingerprint density at radius 3 is 2.00 bits per heavy atom. The molecule has 0 saturated heterocycles. The van der Waals surface area contributed by atoms with Gasteiger partial charge in [-0.05, 0) is 6.42 Å². The monoisotopic (exact) mass is 276 g/mol. The third-order valence-corrected chi connectivity index (χ3v) is 3.10. The van der Waals surface area contributed by atoms with Crippen molar-refractivity contribution in [1.29, 1.82) is 0 Å². The van der Waals surface area contributed by atoms with Gasteiger partial charge in [0.1, 0.15) is 5.54 Å². The molecule has 6 heteroatoms. The SMILES string of the molecule is CCCCCCCCNC(=O)NC(CO)(CO)CO. The summed E-state index contributed by atoms with van der Waals surface area (Å²) in [6.45, 7) is 1.19. The Balaban J connectivity index is 3.69. The summed E-state index contributed by atoms with van der Waals surface area (Å²) < 4.78 is 0. The Labute approximate surface area is 115 Å². The van der Waals surface area contributed by atoms with E-state index < -0.39 is 31.4 Å². The third-order valence-electron chi connectivity index (χ3n) is 3.10. The van der Waals surface area contributed by atoms with E-state index in [-0.39, 0.29) is 0 Å². The first-order chi connectivity index (χ1) is 9.14. The third kappa shape index (κ3) is 8.02. The van der Waals surface area contributed by atoms with Crippen molar-refractivity contribution >= 4 is 6.03 Å². The number of hydrogen-bond donors (Lipinski definition) is 5. The Kier molecular flexibility index (Phi) is 10.5. The van der Waals surface area contributed by atoms with E-state index in [1.165, 1.54) is 25.7 Å². The van der Waals surface area contributed by atoms with Gasteiger partial charge in [0.15, 0.2) is 0 Å². The molecular formula is C13H28N2O4. The van der Waals surface area contributed by atoms with Gasteiger partial charge in [0.25, 0.3) is 0 Å². The maximum Gasteiger partial charge on any atom is 0.315 e. The molecule has 0 spiro atoms. The van der Waals surface area contributed by atoms with Crippen LogP contribution in [0, 0.1) is 0 Å². The molecular weight excluding hydrogens is 248 g/mol. The number of hydrogen-bond acceptors (Lipinski definition) is 4. The summed E-state index contributed by atoms with van der Waals surface area (Å²) in [5, 5.41) is 32.2. The molecule has 0 heterocycles. The van der Waals surface area contributed by atoms with Crippen LogP contribution in [0.4, 0.5) is 4.79 Å². The fourth-order valence-corrected chi connectivity index (χ4v) is 1.66. The number of carbonyl (C=O) groups excluding carboxylic acids is 1. The molecule has 0 aromatic carbocycles. The molecule has 0 aromatic rings. The molecule has 6 nitrogen and oxygen atoms in total. The number of carbonyl (C=O) groups is 1. The molecule has 114 valence electrons. The van der Waals surface area contributed by atoms with Gasteiger partial charge in [-0.15, -0.1) is 0 Å². The van der Waals surface area contributed by atoms with E-state index >= 15 is 0 Å². The van der Waals surface area contributed by atoms with Crippen molar-refractivity contribution in [2.24, 2.45) is 0 Å². The first-order valence-corrected chi connectivity index (χ1v) is 7.02. The summed E-state index contributed by atoms with van der Waals surface area (Å²) in [7, 11) is 0. The molecule has 19 heavy (non-hydrogen) atoms. The molecule has 0 atom stereocenters. The molecule has 5 N–H and O–H groups in total. The van der Waals surface area contributed by atoms with Crippen LogP contribution in [0.2, 0.25) is 0 Å². The Hall–Kier alpha value is -0.850. The van der Waals surface area contributed by atoms with Gasteiger partial charge in [-0.25, -0.2) is 4.79 Å². The summed E-state index contributed by atoms with van der Waals surface area (Å²) in [4.78, 5) is 11.5. The minimum absolute atomic E-state index is 0.481. The molecule has 0 bridgehead atoms. The average molecular weight is 276 g/mol.